The molecule has 0 radical (unpaired) electrons. The molecule has 2 aromatic rings. The van der Waals surface area contributed by atoms with Crippen molar-refractivity contribution in [2.45, 2.75) is 18.9 Å². The van der Waals surface area contributed by atoms with Gasteiger partial charge in [-0.1, -0.05) is 12.1 Å². The molecule has 8 nitrogen and oxygen atoms in total. The summed E-state index contributed by atoms with van der Waals surface area (Å²) in [5, 5.41) is 14.2. The number of hydrogen-bond donors (Lipinski definition) is 3. The minimum absolute atomic E-state index is 0.0154. The highest BCUT2D eigenvalue weighted by Gasteiger charge is 2.20. The first-order chi connectivity index (χ1) is 12.0. The fourth-order valence-electron chi connectivity index (χ4n) is 2.37. The lowest BCUT2D eigenvalue weighted by molar-refractivity contribution is -0.137. The number of aliphatic carboxylic acids is 1. The number of carboxylic acids is 1. The Morgan fingerprint density at radius 3 is 2.60 bits per heavy atom. The van der Waals surface area contributed by atoms with E-state index in [1.54, 1.807) is 19.5 Å². The van der Waals surface area contributed by atoms with E-state index in [0.717, 1.165) is 11.3 Å². The highest BCUT2D eigenvalue weighted by atomic mass is 16.5. The maximum absolute atomic E-state index is 12.2. The number of urea groups is 1. The molecule has 3 N–H and O–H groups in total. The van der Waals surface area contributed by atoms with Crippen LogP contribution >= 0.6 is 0 Å². The Labute approximate surface area is 145 Å². The summed E-state index contributed by atoms with van der Waals surface area (Å²) in [5.41, 5.74) is 0.857. The minimum Gasteiger partial charge on any atom is -0.497 e. The maximum Gasteiger partial charge on any atom is 0.315 e. The van der Waals surface area contributed by atoms with Gasteiger partial charge in [0.25, 0.3) is 0 Å². The Hall–Kier alpha value is -3.03. The summed E-state index contributed by atoms with van der Waals surface area (Å²) in [7, 11) is 3.44. The third-order valence-corrected chi connectivity index (χ3v) is 3.69. The molecule has 1 aromatic carbocycles. The lowest BCUT2D eigenvalue weighted by Crippen LogP contribution is -2.39. The molecule has 0 saturated heterocycles. The predicted octanol–water partition coefficient (Wildman–Crippen LogP) is 1.68. The second-order valence-corrected chi connectivity index (χ2v) is 5.50. The summed E-state index contributed by atoms with van der Waals surface area (Å²) in [5.74, 6) is 0.526. The molecular formula is C17H22N4O4. The zero-order valence-corrected chi connectivity index (χ0v) is 14.2. The summed E-state index contributed by atoms with van der Waals surface area (Å²) in [4.78, 5) is 27.0. The molecule has 0 spiro atoms. The van der Waals surface area contributed by atoms with Crippen LogP contribution in [0, 0.1) is 0 Å². The Kier molecular flexibility index (Phi) is 6.39. The molecule has 0 saturated carbocycles. The van der Waals surface area contributed by atoms with E-state index in [1.165, 1.54) is 0 Å². The van der Waals surface area contributed by atoms with E-state index < -0.39 is 12.0 Å². The number of benzene rings is 1. The Morgan fingerprint density at radius 2 is 2.04 bits per heavy atom. The lowest BCUT2D eigenvalue weighted by atomic mass is 10.1. The topological polar surface area (TPSA) is 105 Å². The van der Waals surface area contributed by atoms with Gasteiger partial charge in [-0.2, -0.15) is 0 Å². The van der Waals surface area contributed by atoms with Crippen molar-refractivity contribution in [2.75, 3.05) is 13.7 Å². The number of rotatable bonds is 8. The first kappa shape index (κ1) is 18.3. The smallest absolute Gasteiger partial charge is 0.315 e. The normalized spacial score (nSPS) is 11.6. The van der Waals surface area contributed by atoms with Crippen LogP contribution in [-0.4, -0.2) is 40.3 Å². The van der Waals surface area contributed by atoms with Gasteiger partial charge in [0.1, 0.15) is 17.6 Å². The number of carboxylic acid groups (broad SMARTS) is 1. The van der Waals surface area contributed by atoms with Crippen molar-refractivity contribution < 1.29 is 19.4 Å². The number of nitrogens with one attached hydrogen (secondary N) is 2. The van der Waals surface area contributed by atoms with Gasteiger partial charge in [-0.15, -0.1) is 0 Å². The number of amides is 2. The van der Waals surface area contributed by atoms with Crippen molar-refractivity contribution in [3.8, 4) is 5.75 Å². The average Bonchev–Trinajstić information content (AvgIpc) is 3.02. The monoisotopic (exact) mass is 346 g/mol. The van der Waals surface area contributed by atoms with E-state index in [2.05, 4.69) is 15.6 Å². The van der Waals surface area contributed by atoms with Crippen molar-refractivity contribution in [3.63, 3.8) is 0 Å². The summed E-state index contributed by atoms with van der Waals surface area (Å²) < 4.78 is 6.99. The van der Waals surface area contributed by atoms with E-state index >= 15 is 0 Å². The van der Waals surface area contributed by atoms with Crippen molar-refractivity contribution in [1.82, 2.24) is 20.2 Å². The number of aryl methyl sites for hydroxylation is 1. The van der Waals surface area contributed by atoms with E-state index in [0.29, 0.717) is 12.2 Å². The molecule has 1 aromatic heterocycles. The molecule has 8 heteroatoms. The number of imidazole rings is 1. The zero-order valence-electron chi connectivity index (χ0n) is 14.2. The number of carbonyl (C=O) groups excluding carboxylic acids is 1. The molecule has 0 bridgehead atoms. The number of aromatic nitrogens is 2. The van der Waals surface area contributed by atoms with Gasteiger partial charge in [0.15, 0.2) is 0 Å². The molecule has 1 unspecified atom stereocenters. The van der Waals surface area contributed by atoms with Crippen LogP contribution in [0.5, 0.6) is 5.75 Å². The average molecular weight is 346 g/mol. The molecule has 0 aliphatic carbocycles. The number of ether oxygens (including phenoxy) is 1. The zero-order chi connectivity index (χ0) is 18.2. The van der Waals surface area contributed by atoms with Gasteiger partial charge in [0, 0.05) is 32.4 Å². The highest BCUT2D eigenvalue weighted by Crippen LogP contribution is 2.22. The van der Waals surface area contributed by atoms with Crippen LogP contribution in [0.4, 0.5) is 4.79 Å². The molecule has 0 aliphatic heterocycles. The molecule has 2 amide bonds. The fraction of sp³-hybridized carbons (Fsp3) is 0.353. The third-order valence-electron chi connectivity index (χ3n) is 3.69. The first-order valence-corrected chi connectivity index (χ1v) is 7.88. The van der Waals surface area contributed by atoms with Crippen LogP contribution in [0.1, 0.15) is 30.3 Å². The van der Waals surface area contributed by atoms with Crippen molar-refractivity contribution in [3.05, 3.63) is 48.0 Å². The lowest BCUT2D eigenvalue weighted by Gasteiger charge is -2.19. The van der Waals surface area contributed by atoms with Crippen molar-refractivity contribution in [2.24, 2.45) is 7.05 Å². The quantitative estimate of drug-likeness (QED) is 0.631. The Morgan fingerprint density at radius 1 is 1.32 bits per heavy atom. The molecule has 1 atom stereocenters. The van der Waals surface area contributed by atoms with Crippen LogP contribution in [0.3, 0.4) is 0 Å². The van der Waals surface area contributed by atoms with Gasteiger partial charge >= 0.3 is 12.0 Å². The Bertz CT molecular complexity index is 712. The van der Waals surface area contributed by atoms with Gasteiger partial charge in [-0.25, -0.2) is 9.78 Å². The molecule has 134 valence electrons. The third kappa shape index (κ3) is 5.23. The largest absolute Gasteiger partial charge is 0.497 e. The second-order valence-electron chi connectivity index (χ2n) is 5.50. The molecule has 0 fully saturated rings. The molecule has 25 heavy (non-hydrogen) atoms. The summed E-state index contributed by atoms with van der Waals surface area (Å²) >= 11 is 0. The number of methoxy groups -OCH3 is 1. The molecule has 1 heterocycles. The standard InChI is InChI=1S/C17H22N4O4/c1-21-11-10-18-16(21)15(12-5-7-13(25-2)8-6-12)20-17(24)19-9-3-4-14(22)23/h5-8,10-11,15H,3-4,9H2,1-2H3,(H,22,23)(H2,19,20,24). The number of hydrogen-bond acceptors (Lipinski definition) is 4. The predicted molar refractivity (Wildman–Crippen MR) is 91.4 cm³/mol. The van der Waals surface area contributed by atoms with Crippen LogP contribution < -0.4 is 15.4 Å². The number of nitrogens with zero attached hydrogens (tertiary/aromatic N) is 2. The highest BCUT2D eigenvalue weighted by molar-refractivity contribution is 5.75. The van der Waals surface area contributed by atoms with E-state index in [9.17, 15) is 9.59 Å². The minimum atomic E-state index is -0.883. The van der Waals surface area contributed by atoms with Gasteiger partial charge < -0.3 is 25.0 Å². The molecule has 0 aliphatic rings. The van der Waals surface area contributed by atoms with Crippen molar-refractivity contribution in [1.29, 1.82) is 0 Å². The molecule has 2 rings (SSSR count). The fourth-order valence-corrected chi connectivity index (χ4v) is 2.37. The first-order valence-electron chi connectivity index (χ1n) is 7.88. The van der Waals surface area contributed by atoms with Crippen LogP contribution in [0.2, 0.25) is 0 Å². The van der Waals surface area contributed by atoms with Crippen LogP contribution in [-0.2, 0) is 11.8 Å². The maximum atomic E-state index is 12.2. The van der Waals surface area contributed by atoms with Gasteiger partial charge in [-0.05, 0) is 24.1 Å². The number of carbonyl (C=O) groups is 2. The van der Waals surface area contributed by atoms with Crippen LogP contribution in [0.25, 0.3) is 0 Å². The molecular weight excluding hydrogens is 324 g/mol. The SMILES string of the molecule is COc1ccc(C(NC(=O)NCCCC(=O)O)c2nccn2C)cc1. The second kappa shape index (κ2) is 8.72. The Balaban J connectivity index is 2.08. The van der Waals surface area contributed by atoms with Crippen LogP contribution in [0.15, 0.2) is 36.7 Å². The van der Waals surface area contributed by atoms with Gasteiger partial charge in [-0.3, -0.25) is 4.79 Å². The summed E-state index contributed by atoms with van der Waals surface area (Å²) in [6.07, 6.45) is 3.86. The van der Waals surface area contributed by atoms with Gasteiger partial charge in [0.05, 0.1) is 7.11 Å². The summed E-state index contributed by atoms with van der Waals surface area (Å²) in [6, 6.07) is 6.54. The summed E-state index contributed by atoms with van der Waals surface area (Å²) in [6.45, 7) is 0.286. The van der Waals surface area contributed by atoms with E-state index in [4.69, 9.17) is 9.84 Å². The van der Waals surface area contributed by atoms with Crippen molar-refractivity contribution >= 4 is 12.0 Å². The van der Waals surface area contributed by atoms with E-state index in [1.807, 2.05) is 35.9 Å². The van der Waals surface area contributed by atoms with Gasteiger partial charge in [0.2, 0.25) is 0 Å². The van der Waals surface area contributed by atoms with E-state index in [-0.39, 0.29) is 19.0 Å².